The Labute approximate surface area is 189 Å². The predicted molar refractivity (Wildman–Crippen MR) is 123 cm³/mol. The van der Waals surface area contributed by atoms with E-state index in [2.05, 4.69) is 22.6 Å². The third kappa shape index (κ3) is 4.53. The molecular weight excluding hydrogens is 407 g/mol. The Morgan fingerprint density at radius 1 is 1.09 bits per heavy atom. The van der Waals surface area contributed by atoms with Crippen molar-refractivity contribution in [3.05, 3.63) is 65.5 Å². The molecule has 2 aliphatic rings. The highest BCUT2D eigenvalue weighted by Gasteiger charge is 2.34. The lowest BCUT2D eigenvalue weighted by atomic mass is 9.87. The molecule has 0 radical (unpaired) electrons. The third-order valence-corrected chi connectivity index (χ3v) is 6.74. The number of halogens is 1. The van der Waals surface area contributed by atoms with Crippen molar-refractivity contribution >= 4 is 5.69 Å². The van der Waals surface area contributed by atoms with Crippen LogP contribution in [0.5, 0.6) is 0 Å². The zero-order chi connectivity index (χ0) is 22.7. The topological polar surface area (TPSA) is 56.2 Å². The molecule has 0 spiro atoms. The van der Waals surface area contributed by atoms with Crippen molar-refractivity contribution in [2.45, 2.75) is 50.2 Å². The normalized spacial score (nSPS) is 25.0. The second-order valence-electron chi connectivity index (χ2n) is 8.76. The van der Waals surface area contributed by atoms with Crippen LogP contribution in [-0.2, 0) is 10.3 Å². The fraction of sp³-hybridized carbons (Fsp3) is 0.462. The molecule has 170 valence electrons. The first-order valence-corrected chi connectivity index (χ1v) is 11.3. The molecule has 0 aliphatic carbocycles. The Morgan fingerprint density at radius 3 is 2.38 bits per heavy atom. The summed E-state index contributed by atoms with van der Waals surface area (Å²) >= 11 is 0. The van der Waals surface area contributed by atoms with Crippen molar-refractivity contribution in [2.75, 3.05) is 31.1 Å². The van der Waals surface area contributed by atoms with Crippen molar-refractivity contribution in [1.29, 1.82) is 0 Å². The lowest BCUT2D eigenvalue weighted by Gasteiger charge is -2.43. The predicted octanol–water partition coefficient (Wildman–Crippen LogP) is 3.09. The van der Waals surface area contributed by atoms with Crippen molar-refractivity contribution in [1.82, 2.24) is 4.90 Å². The van der Waals surface area contributed by atoms with Gasteiger partial charge in [-0.2, -0.15) is 0 Å². The summed E-state index contributed by atoms with van der Waals surface area (Å²) in [6.07, 6.45) is 8.16. The van der Waals surface area contributed by atoms with Gasteiger partial charge in [-0.15, -0.1) is 6.42 Å². The van der Waals surface area contributed by atoms with Crippen LogP contribution < -0.4 is 4.90 Å². The van der Waals surface area contributed by atoms with Crippen LogP contribution in [0.4, 0.5) is 10.1 Å². The van der Waals surface area contributed by atoms with E-state index in [-0.39, 0.29) is 11.9 Å². The van der Waals surface area contributed by atoms with Gasteiger partial charge in [-0.3, -0.25) is 4.90 Å². The lowest BCUT2D eigenvalue weighted by Crippen LogP contribution is -2.56. The SMILES string of the molecule is C#CC(O)(c1ccc(F)cc1)c1ccc(N2CCOC(C(O)N3CCCCC3C)C2)cc1. The summed E-state index contributed by atoms with van der Waals surface area (Å²) in [5.41, 5.74) is 0.321. The van der Waals surface area contributed by atoms with Gasteiger partial charge in [-0.05, 0) is 44.0 Å². The molecule has 4 atom stereocenters. The molecular formula is C26H31FN2O3. The maximum atomic E-state index is 13.3. The van der Waals surface area contributed by atoms with Crippen LogP contribution in [0.3, 0.4) is 0 Å². The van der Waals surface area contributed by atoms with Crippen LogP contribution in [0.25, 0.3) is 0 Å². The molecule has 32 heavy (non-hydrogen) atoms. The van der Waals surface area contributed by atoms with E-state index in [1.54, 1.807) is 12.1 Å². The van der Waals surface area contributed by atoms with Gasteiger partial charge in [0.2, 0.25) is 0 Å². The number of aliphatic hydroxyl groups is 2. The first-order chi connectivity index (χ1) is 15.4. The minimum absolute atomic E-state index is 0.286. The number of aliphatic hydroxyl groups excluding tert-OH is 1. The number of anilines is 1. The molecule has 0 saturated carbocycles. The van der Waals surface area contributed by atoms with E-state index in [0.29, 0.717) is 30.3 Å². The summed E-state index contributed by atoms with van der Waals surface area (Å²) in [6, 6.07) is 13.3. The molecule has 0 aromatic heterocycles. The number of hydrogen-bond acceptors (Lipinski definition) is 5. The van der Waals surface area contributed by atoms with Gasteiger partial charge in [-0.1, -0.05) is 36.6 Å². The Kier molecular flexibility index (Phi) is 6.82. The van der Waals surface area contributed by atoms with Gasteiger partial charge in [-0.25, -0.2) is 4.39 Å². The van der Waals surface area contributed by atoms with Crippen molar-refractivity contribution in [3.8, 4) is 12.3 Å². The number of hydrogen-bond donors (Lipinski definition) is 2. The van der Waals surface area contributed by atoms with Crippen LogP contribution in [0.15, 0.2) is 48.5 Å². The van der Waals surface area contributed by atoms with Crippen LogP contribution in [0.1, 0.15) is 37.3 Å². The summed E-state index contributed by atoms with van der Waals surface area (Å²) in [7, 11) is 0. The maximum absolute atomic E-state index is 13.3. The Bertz CT molecular complexity index is 943. The lowest BCUT2D eigenvalue weighted by molar-refractivity contribution is -0.132. The summed E-state index contributed by atoms with van der Waals surface area (Å²) in [4.78, 5) is 4.33. The minimum Gasteiger partial charge on any atom is -0.376 e. The van der Waals surface area contributed by atoms with E-state index in [1.165, 1.54) is 30.7 Å². The highest BCUT2D eigenvalue weighted by atomic mass is 19.1. The number of piperidine rings is 1. The first kappa shape index (κ1) is 22.8. The van der Waals surface area contributed by atoms with E-state index < -0.39 is 11.8 Å². The van der Waals surface area contributed by atoms with Crippen LogP contribution in [0.2, 0.25) is 0 Å². The largest absolute Gasteiger partial charge is 0.376 e. The van der Waals surface area contributed by atoms with Crippen molar-refractivity contribution in [2.24, 2.45) is 0 Å². The number of rotatable bonds is 5. The van der Waals surface area contributed by atoms with Gasteiger partial charge < -0.3 is 19.8 Å². The molecule has 0 bridgehead atoms. The monoisotopic (exact) mass is 438 g/mol. The molecule has 2 aliphatic heterocycles. The molecule has 2 fully saturated rings. The molecule has 4 unspecified atom stereocenters. The van der Waals surface area contributed by atoms with E-state index in [0.717, 1.165) is 31.6 Å². The molecule has 4 rings (SSSR count). The number of morpholine rings is 1. The smallest absolute Gasteiger partial charge is 0.176 e. The average Bonchev–Trinajstić information content (AvgIpc) is 2.84. The number of ether oxygens (including phenoxy) is 1. The minimum atomic E-state index is -1.64. The molecule has 2 aromatic carbocycles. The highest BCUT2D eigenvalue weighted by molar-refractivity contribution is 5.52. The summed E-state index contributed by atoms with van der Waals surface area (Å²) in [5.74, 6) is 2.07. The standard InChI is InChI=1S/C26H31FN2O3/c1-3-26(31,20-7-11-22(27)12-8-20)21-9-13-23(14-10-21)28-16-17-32-24(18-28)25(30)29-15-5-4-6-19(29)2/h1,7-14,19,24-25,30-31H,4-6,15-18H2,2H3. The fourth-order valence-corrected chi connectivity index (χ4v) is 4.76. The fourth-order valence-electron chi connectivity index (χ4n) is 4.76. The van der Waals surface area contributed by atoms with Gasteiger partial charge in [0, 0.05) is 42.5 Å². The van der Waals surface area contributed by atoms with Gasteiger partial charge in [0.1, 0.15) is 18.1 Å². The summed E-state index contributed by atoms with van der Waals surface area (Å²) in [6.45, 7) is 4.90. The molecule has 5 nitrogen and oxygen atoms in total. The molecule has 2 aromatic rings. The van der Waals surface area contributed by atoms with Crippen molar-refractivity contribution in [3.63, 3.8) is 0 Å². The summed E-state index contributed by atoms with van der Waals surface area (Å²) < 4.78 is 19.2. The molecule has 6 heteroatoms. The number of benzene rings is 2. The number of terminal acetylenes is 1. The van der Waals surface area contributed by atoms with E-state index >= 15 is 0 Å². The first-order valence-electron chi connectivity index (χ1n) is 11.3. The van der Waals surface area contributed by atoms with Gasteiger partial charge in [0.05, 0.1) is 6.61 Å². The van der Waals surface area contributed by atoms with E-state index in [9.17, 15) is 14.6 Å². The van der Waals surface area contributed by atoms with E-state index in [1.807, 2.05) is 12.1 Å². The number of likely N-dealkylation sites (tertiary alicyclic amines) is 1. The van der Waals surface area contributed by atoms with Crippen LogP contribution >= 0.6 is 0 Å². The van der Waals surface area contributed by atoms with E-state index in [4.69, 9.17) is 11.2 Å². The third-order valence-electron chi connectivity index (χ3n) is 6.74. The second kappa shape index (κ2) is 9.60. The Balaban J connectivity index is 1.48. The zero-order valence-electron chi connectivity index (χ0n) is 18.5. The van der Waals surface area contributed by atoms with Crippen LogP contribution in [-0.4, -0.2) is 59.7 Å². The zero-order valence-corrected chi connectivity index (χ0v) is 18.5. The Hall–Kier alpha value is -2.43. The maximum Gasteiger partial charge on any atom is 0.176 e. The molecule has 0 amide bonds. The molecule has 2 N–H and O–H groups in total. The summed E-state index contributed by atoms with van der Waals surface area (Å²) in [5, 5.41) is 22.1. The van der Waals surface area contributed by atoms with Gasteiger partial charge in [0.15, 0.2) is 5.60 Å². The van der Waals surface area contributed by atoms with Gasteiger partial charge >= 0.3 is 0 Å². The quantitative estimate of drug-likeness (QED) is 0.703. The molecule has 2 heterocycles. The van der Waals surface area contributed by atoms with Crippen molar-refractivity contribution < 1.29 is 19.3 Å². The van der Waals surface area contributed by atoms with Crippen LogP contribution in [0, 0.1) is 18.2 Å². The van der Waals surface area contributed by atoms with Gasteiger partial charge in [0.25, 0.3) is 0 Å². The number of nitrogens with zero attached hydrogens (tertiary/aromatic N) is 2. The highest BCUT2D eigenvalue weighted by Crippen LogP contribution is 2.31. The molecule has 2 saturated heterocycles. The second-order valence-corrected chi connectivity index (χ2v) is 8.76. The Morgan fingerprint density at radius 2 is 1.75 bits per heavy atom. The average molecular weight is 439 g/mol.